The molecule has 0 aliphatic carbocycles. The van der Waals surface area contributed by atoms with E-state index < -0.39 is 0 Å². The van der Waals surface area contributed by atoms with Gasteiger partial charge in [-0.05, 0) is 32.0 Å². The number of nitrogens with one attached hydrogen (secondary N) is 1. The number of para-hydroxylation sites is 1. The molecule has 1 atom stereocenters. The highest BCUT2D eigenvalue weighted by Crippen LogP contribution is 2.14. The maximum atomic E-state index is 12.0. The highest BCUT2D eigenvalue weighted by molar-refractivity contribution is 5.92. The van der Waals surface area contributed by atoms with Crippen molar-refractivity contribution in [2.75, 3.05) is 18.4 Å². The van der Waals surface area contributed by atoms with Crippen molar-refractivity contribution in [2.45, 2.75) is 39.7 Å². The van der Waals surface area contributed by atoms with E-state index >= 15 is 0 Å². The minimum absolute atomic E-state index is 0.0468. The molecular formula is C16H23N3O. The monoisotopic (exact) mass is 273 g/mol. The number of hydrogen-bond donors (Lipinski definition) is 1. The highest BCUT2D eigenvalue weighted by Gasteiger charge is 2.12. The molecule has 0 bridgehead atoms. The second-order valence-electron chi connectivity index (χ2n) is 4.84. The Balaban J connectivity index is 2.54. The average molecular weight is 273 g/mol. The van der Waals surface area contributed by atoms with Crippen LogP contribution in [-0.4, -0.2) is 29.9 Å². The number of anilines is 1. The molecule has 0 aliphatic heterocycles. The summed E-state index contributed by atoms with van der Waals surface area (Å²) in [4.78, 5) is 14.3. The van der Waals surface area contributed by atoms with Gasteiger partial charge in [-0.3, -0.25) is 4.79 Å². The van der Waals surface area contributed by atoms with Crippen LogP contribution in [0.2, 0.25) is 0 Å². The smallest absolute Gasteiger partial charge is 0.225 e. The van der Waals surface area contributed by atoms with E-state index in [4.69, 9.17) is 5.26 Å². The number of amides is 1. The maximum absolute atomic E-state index is 12.0. The SMILES string of the molecule is CCC(C)N(CC)CCC(=O)Nc1ccccc1C#N. The van der Waals surface area contributed by atoms with E-state index in [2.05, 4.69) is 37.1 Å². The van der Waals surface area contributed by atoms with Gasteiger partial charge >= 0.3 is 0 Å². The molecule has 1 rings (SSSR count). The third kappa shape index (κ3) is 4.67. The molecule has 20 heavy (non-hydrogen) atoms. The molecule has 0 heterocycles. The third-order valence-electron chi connectivity index (χ3n) is 3.57. The summed E-state index contributed by atoms with van der Waals surface area (Å²) in [6, 6.07) is 9.62. The van der Waals surface area contributed by atoms with Crippen molar-refractivity contribution in [3.05, 3.63) is 29.8 Å². The number of carbonyl (C=O) groups is 1. The van der Waals surface area contributed by atoms with Crippen LogP contribution >= 0.6 is 0 Å². The molecule has 0 saturated carbocycles. The van der Waals surface area contributed by atoms with Gasteiger partial charge in [0.05, 0.1) is 11.3 Å². The van der Waals surface area contributed by atoms with Crippen molar-refractivity contribution >= 4 is 11.6 Å². The number of hydrogen-bond acceptors (Lipinski definition) is 3. The Hall–Kier alpha value is -1.86. The summed E-state index contributed by atoms with van der Waals surface area (Å²) < 4.78 is 0. The molecule has 1 aromatic rings. The Kier molecular flexibility index (Phi) is 6.75. The second-order valence-corrected chi connectivity index (χ2v) is 4.84. The predicted molar refractivity (Wildman–Crippen MR) is 81.4 cm³/mol. The summed E-state index contributed by atoms with van der Waals surface area (Å²) in [6.07, 6.45) is 1.52. The first-order valence-electron chi connectivity index (χ1n) is 7.15. The molecule has 0 spiro atoms. The van der Waals surface area contributed by atoms with Gasteiger partial charge in [-0.25, -0.2) is 0 Å². The van der Waals surface area contributed by atoms with Crippen molar-refractivity contribution in [1.29, 1.82) is 5.26 Å². The van der Waals surface area contributed by atoms with E-state index in [1.54, 1.807) is 18.2 Å². The predicted octanol–water partition coefficient (Wildman–Crippen LogP) is 3.01. The summed E-state index contributed by atoms with van der Waals surface area (Å²) in [5.41, 5.74) is 1.08. The van der Waals surface area contributed by atoms with Crippen LogP contribution in [0.3, 0.4) is 0 Å². The lowest BCUT2D eigenvalue weighted by molar-refractivity contribution is -0.116. The van der Waals surface area contributed by atoms with E-state index in [0.717, 1.165) is 19.5 Å². The second kappa shape index (κ2) is 8.34. The molecule has 0 aliphatic rings. The van der Waals surface area contributed by atoms with Crippen molar-refractivity contribution in [3.63, 3.8) is 0 Å². The molecule has 1 unspecified atom stereocenters. The Bertz CT molecular complexity index is 479. The van der Waals surface area contributed by atoms with E-state index in [0.29, 0.717) is 23.7 Å². The molecule has 1 N–H and O–H groups in total. The number of nitrogens with zero attached hydrogens (tertiary/aromatic N) is 2. The zero-order chi connectivity index (χ0) is 15.0. The Labute approximate surface area is 121 Å². The van der Waals surface area contributed by atoms with Crippen LogP contribution in [0, 0.1) is 11.3 Å². The van der Waals surface area contributed by atoms with Crippen LogP contribution in [0.25, 0.3) is 0 Å². The van der Waals surface area contributed by atoms with Gasteiger partial charge in [-0.1, -0.05) is 26.0 Å². The summed E-state index contributed by atoms with van der Waals surface area (Å²) in [5.74, 6) is -0.0468. The van der Waals surface area contributed by atoms with Gasteiger partial charge in [0.15, 0.2) is 0 Å². The summed E-state index contributed by atoms with van der Waals surface area (Å²) in [7, 11) is 0. The normalized spacial score (nSPS) is 11.9. The maximum Gasteiger partial charge on any atom is 0.225 e. The molecule has 0 radical (unpaired) electrons. The zero-order valence-electron chi connectivity index (χ0n) is 12.5. The highest BCUT2D eigenvalue weighted by atomic mass is 16.1. The molecule has 0 aromatic heterocycles. The van der Waals surface area contributed by atoms with E-state index in [1.165, 1.54) is 0 Å². The standard InChI is InChI=1S/C16H23N3O/c1-4-13(3)19(5-2)11-10-16(20)18-15-9-7-6-8-14(15)12-17/h6-9,13H,4-5,10-11H2,1-3H3,(H,18,20). The van der Waals surface area contributed by atoms with Gasteiger partial charge < -0.3 is 10.2 Å². The largest absolute Gasteiger partial charge is 0.325 e. The van der Waals surface area contributed by atoms with Gasteiger partial charge in [0.1, 0.15) is 6.07 Å². The number of nitriles is 1. The average Bonchev–Trinajstić information content (AvgIpc) is 2.48. The Morgan fingerprint density at radius 2 is 2.10 bits per heavy atom. The molecule has 1 aromatic carbocycles. The number of rotatable bonds is 7. The first kappa shape index (κ1) is 16.2. The topological polar surface area (TPSA) is 56.1 Å². The van der Waals surface area contributed by atoms with Gasteiger partial charge in [-0.15, -0.1) is 0 Å². The molecule has 0 saturated heterocycles. The molecular weight excluding hydrogens is 250 g/mol. The minimum atomic E-state index is -0.0468. The first-order chi connectivity index (χ1) is 9.62. The van der Waals surface area contributed by atoms with Crippen LogP contribution in [0.15, 0.2) is 24.3 Å². The molecule has 4 heteroatoms. The van der Waals surface area contributed by atoms with Crippen molar-refractivity contribution in [2.24, 2.45) is 0 Å². The van der Waals surface area contributed by atoms with Gasteiger partial charge in [0.2, 0.25) is 5.91 Å². The molecule has 0 fully saturated rings. The van der Waals surface area contributed by atoms with E-state index in [1.807, 2.05) is 6.07 Å². The van der Waals surface area contributed by atoms with Crippen LogP contribution in [0.1, 0.15) is 39.2 Å². The molecule has 4 nitrogen and oxygen atoms in total. The Morgan fingerprint density at radius 1 is 1.40 bits per heavy atom. The lowest BCUT2D eigenvalue weighted by Crippen LogP contribution is -2.35. The van der Waals surface area contributed by atoms with Crippen LogP contribution in [0.5, 0.6) is 0 Å². The minimum Gasteiger partial charge on any atom is -0.325 e. The summed E-state index contributed by atoms with van der Waals surface area (Å²) in [5, 5.41) is 11.8. The van der Waals surface area contributed by atoms with Gasteiger partial charge in [0, 0.05) is 19.0 Å². The fraction of sp³-hybridized carbons (Fsp3) is 0.500. The lowest BCUT2D eigenvalue weighted by atomic mass is 10.2. The number of benzene rings is 1. The van der Waals surface area contributed by atoms with Gasteiger partial charge in [0.25, 0.3) is 0 Å². The van der Waals surface area contributed by atoms with E-state index in [-0.39, 0.29) is 5.91 Å². The first-order valence-corrected chi connectivity index (χ1v) is 7.15. The van der Waals surface area contributed by atoms with Crippen LogP contribution < -0.4 is 5.32 Å². The lowest BCUT2D eigenvalue weighted by Gasteiger charge is -2.26. The molecule has 1 amide bonds. The summed E-state index contributed by atoms with van der Waals surface area (Å²) >= 11 is 0. The fourth-order valence-corrected chi connectivity index (χ4v) is 2.10. The third-order valence-corrected chi connectivity index (χ3v) is 3.57. The van der Waals surface area contributed by atoms with Crippen molar-refractivity contribution in [1.82, 2.24) is 4.90 Å². The Morgan fingerprint density at radius 3 is 2.70 bits per heavy atom. The van der Waals surface area contributed by atoms with Crippen molar-refractivity contribution in [3.8, 4) is 6.07 Å². The zero-order valence-corrected chi connectivity index (χ0v) is 12.5. The van der Waals surface area contributed by atoms with Crippen molar-refractivity contribution < 1.29 is 4.79 Å². The fourth-order valence-electron chi connectivity index (χ4n) is 2.10. The van der Waals surface area contributed by atoms with Crippen LogP contribution in [-0.2, 0) is 4.79 Å². The summed E-state index contributed by atoms with van der Waals surface area (Å²) in [6.45, 7) is 8.11. The van der Waals surface area contributed by atoms with E-state index in [9.17, 15) is 4.79 Å². The molecule has 108 valence electrons. The number of carbonyl (C=O) groups excluding carboxylic acids is 1. The van der Waals surface area contributed by atoms with Gasteiger partial charge in [-0.2, -0.15) is 5.26 Å². The quantitative estimate of drug-likeness (QED) is 0.831. The van der Waals surface area contributed by atoms with Crippen LogP contribution in [0.4, 0.5) is 5.69 Å².